The first-order valence-corrected chi connectivity index (χ1v) is 3.63. The second-order valence-electron chi connectivity index (χ2n) is 2.42. The number of ether oxygens (including phenoxy) is 1. The van der Waals surface area contributed by atoms with Crippen molar-refractivity contribution in [3.8, 4) is 11.5 Å². The summed E-state index contributed by atoms with van der Waals surface area (Å²) in [5, 5.41) is 22.0. The van der Waals surface area contributed by atoms with Crippen molar-refractivity contribution in [2.45, 2.75) is 6.08 Å². The van der Waals surface area contributed by atoms with Crippen LogP contribution in [0.15, 0.2) is 18.2 Å². The van der Waals surface area contributed by atoms with Crippen LogP contribution in [0.5, 0.6) is 11.5 Å². The van der Waals surface area contributed by atoms with E-state index in [0.717, 1.165) is 12.1 Å². The standard InChI is InChI=1S/C9H10O5/c1-14-7-4-5(2-3-6(7)10)8(11)9(12)13/h2-4,8,10-11H,1H3,(H,12,13)/i4D,8D,11D. The largest absolute Gasteiger partial charge is 0.504 e. The van der Waals surface area contributed by atoms with E-state index in [0.29, 0.717) is 0 Å². The topological polar surface area (TPSA) is 87.0 Å². The molecule has 0 heterocycles. The van der Waals surface area contributed by atoms with Crippen molar-refractivity contribution in [3.63, 3.8) is 0 Å². The van der Waals surface area contributed by atoms with Crippen LogP contribution < -0.4 is 4.74 Å². The normalized spacial score (nSPS) is 17.4. The molecule has 0 fully saturated rings. The highest BCUT2D eigenvalue weighted by atomic mass is 16.5. The lowest BCUT2D eigenvalue weighted by Gasteiger charge is -2.08. The number of phenols is 1. The predicted molar refractivity (Wildman–Crippen MR) is 47.3 cm³/mol. The number of methoxy groups -OCH3 is 1. The number of hydrogen-bond acceptors (Lipinski definition) is 4. The van der Waals surface area contributed by atoms with Crippen LogP contribution in [0.1, 0.15) is 14.4 Å². The molecular formula is C9H10O5. The number of hydrogen-bond donors (Lipinski definition) is 3. The first kappa shape index (κ1) is 6.67. The number of carboxylic acids is 1. The third kappa shape index (κ3) is 1.94. The van der Waals surface area contributed by atoms with Gasteiger partial charge in [-0.2, -0.15) is 0 Å². The van der Waals surface area contributed by atoms with Crippen molar-refractivity contribution >= 4 is 5.97 Å². The van der Waals surface area contributed by atoms with E-state index in [1.807, 2.05) is 0 Å². The van der Waals surface area contributed by atoms with E-state index in [4.69, 9.17) is 14.0 Å². The summed E-state index contributed by atoms with van der Waals surface area (Å²) in [5.41, 5.74) is -0.408. The molecule has 0 saturated carbocycles. The van der Waals surface area contributed by atoms with E-state index in [2.05, 4.69) is 5.11 Å². The zero-order valence-electron chi connectivity index (χ0n) is 10.3. The molecule has 1 aromatic rings. The number of benzene rings is 1. The van der Waals surface area contributed by atoms with Crippen molar-refractivity contribution in [3.05, 3.63) is 23.7 Å². The maximum absolute atomic E-state index is 10.9. The summed E-state index contributed by atoms with van der Waals surface area (Å²) in [7, 11) is 1.19. The molecular weight excluding hydrogens is 188 g/mol. The molecule has 1 atom stereocenters. The fraction of sp³-hybridized carbons (Fsp3) is 0.222. The van der Waals surface area contributed by atoms with Crippen LogP contribution in [0.4, 0.5) is 0 Å². The van der Waals surface area contributed by atoms with Gasteiger partial charge in [-0.1, -0.05) is 6.07 Å². The Hall–Kier alpha value is -1.75. The SMILES string of the molecule is [2H]OC([2H])(C(=O)O)c1ccc(O)c(OC)c1[2H]. The van der Waals surface area contributed by atoms with Crippen molar-refractivity contribution in [2.75, 3.05) is 7.11 Å². The Kier molecular flexibility index (Phi) is 1.89. The van der Waals surface area contributed by atoms with Crippen molar-refractivity contribution in [2.24, 2.45) is 0 Å². The minimum absolute atomic E-state index is 0.280. The number of aliphatic carboxylic acids is 1. The number of carboxylic acid groups (broad SMARTS) is 1. The van der Waals surface area contributed by atoms with E-state index in [9.17, 15) is 9.90 Å². The van der Waals surface area contributed by atoms with Crippen LogP contribution >= 0.6 is 0 Å². The molecule has 0 aliphatic heterocycles. The molecule has 1 aromatic carbocycles. The van der Waals surface area contributed by atoms with Gasteiger partial charge in [0.1, 0.15) is 0 Å². The maximum atomic E-state index is 10.9. The molecule has 76 valence electrons. The van der Waals surface area contributed by atoms with Crippen LogP contribution in [0.3, 0.4) is 0 Å². The highest BCUT2D eigenvalue weighted by molar-refractivity contribution is 5.74. The Bertz CT molecular complexity index is 451. The maximum Gasteiger partial charge on any atom is 0.337 e. The van der Waals surface area contributed by atoms with Gasteiger partial charge in [-0.05, 0) is 17.7 Å². The Balaban J connectivity index is 3.47. The summed E-state index contributed by atoms with van der Waals surface area (Å²) < 4.78 is 26.4. The molecule has 0 aromatic heterocycles. The van der Waals surface area contributed by atoms with E-state index in [1.54, 1.807) is 0 Å². The first-order chi connectivity index (χ1) is 7.88. The monoisotopic (exact) mass is 201 g/mol. The van der Waals surface area contributed by atoms with Gasteiger partial charge in [-0.15, -0.1) is 0 Å². The first-order valence-electron chi connectivity index (χ1n) is 5.04. The number of phenolic OH excluding ortho intramolecular Hbond substituents is 1. The molecule has 1 unspecified atom stereocenters. The summed E-state index contributed by atoms with van der Waals surface area (Å²) in [5.74, 6) is -2.38. The molecule has 0 spiro atoms. The molecule has 0 amide bonds. The number of aromatic hydroxyl groups is 1. The van der Waals surface area contributed by atoms with E-state index >= 15 is 0 Å². The molecule has 5 heteroatoms. The Morgan fingerprint density at radius 3 is 3.00 bits per heavy atom. The van der Waals surface area contributed by atoms with Gasteiger partial charge in [-0.25, -0.2) is 4.79 Å². The predicted octanol–water partition coefficient (Wildman–Crippen LogP) is 0.519. The fourth-order valence-electron chi connectivity index (χ4n) is 0.869. The van der Waals surface area contributed by atoms with Crippen molar-refractivity contribution in [1.29, 1.82) is 1.43 Å². The summed E-state index contributed by atoms with van der Waals surface area (Å²) in [4.78, 5) is 10.9. The summed E-state index contributed by atoms with van der Waals surface area (Å²) >= 11 is 0. The Morgan fingerprint density at radius 2 is 2.50 bits per heavy atom. The average molecular weight is 201 g/mol. The van der Waals surface area contributed by atoms with Gasteiger partial charge in [0.2, 0.25) is 1.43 Å². The van der Waals surface area contributed by atoms with E-state index < -0.39 is 23.7 Å². The lowest BCUT2D eigenvalue weighted by molar-refractivity contribution is -0.146. The molecule has 5 nitrogen and oxygen atoms in total. The number of carbonyl (C=O) groups is 1. The molecule has 0 saturated heterocycles. The average Bonchev–Trinajstić information content (AvgIpc) is 2.28. The van der Waals surface area contributed by atoms with Gasteiger partial charge in [0.05, 0.1) is 9.85 Å². The van der Waals surface area contributed by atoms with Crippen LogP contribution in [0.2, 0.25) is 0 Å². The van der Waals surface area contributed by atoms with Crippen LogP contribution in [-0.2, 0) is 4.79 Å². The van der Waals surface area contributed by atoms with Gasteiger partial charge in [-0.3, -0.25) is 0 Å². The summed E-state index contributed by atoms with van der Waals surface area (Å²) in [6.45, 7) is 0. The fourth-order valence-corrected chi connectivity index (χ4v) is 0.869. The smallest absolute Gasteiger partial charge is 0.337 e. The molecule has 0 aliphatic rings. The second-order valence-corrected chi connectivity index (χ2v) is 2.42. The number of aliphatic hydroxyl groups is 1. The van der Waals surface area contributed by atoms with Crippen LogP contribution in [0, 0.1) is 0 Å². The Labute approximate surface area is 84.5 Å². The van der Waals surface area contributed by atoms with E-state index in [1.165, 1.54) is 7.11 Å². The highest BCUT2D eigenvalue weighted by Gasteiger charge is 2.17. The van der Waals surface area contributed by atoms with E-state index in [-0.39, 0.29) is 11.5 Å². The van der Waals surface area contributed by atoms with Gasteiger partial charge in [0.15, 0.2) is 17.6 Å². The lowest BCUT2D eigenvalue weighted by atomic mass is 10.1. The zero-order chi connectivity index (χ0) is 13.2. The highest BCUT2D eigenvalue weighted by Crippen LogP contribution is 2.28. The summed E-state index contributed by atoms with van der Waals surface area (Å²) in [6.07, 6.45) is -2.74. The minimum Gasteiger partial charge on any atom is -0.504 e. The molecule has 14 heavy (non-hydrogen) atoms. The van der Waals surface area contributed by atoms with Gasteiger partial charge in [0, 0.05) is 0 Å². The van der Waals surface area contributed by atoms with Gasteiger partial charge in [0.25, 0.3) is 0 Å². The molecule has 1 rings (SSSR count). The van der Waals surface area contributed by atoms with Crippen molar-refractivity contribution < 1.29 is 27.6 Å². The molecule has 0 aliphatic carbocycles. The van der Waals surface area contributed by atoms with Gasteiger partial charge < -0.3 is 20.1 Å². The zero-order valence-corrected chi connectivity index (χ0v) is 7.27. The van der Waals surface area contributed by atoms with Crippen molar-refractivity contribution in [1.82, 2.24) is 0 Å². The minimum atomic E-state index is -2.74. The molecule has 0 bridgehead atoms. The number of rotatable bonds is 4. The van der Waals surface area contributed by atoms with Crippen LogP contribution in [-0.4, -0.2) is 29.8 Å². The van der Waals surface area contributed by atoms with Crippen LogP contribution in [0.25, 0.3) is 0 Å². The quantitative estimate of drug-likeness (QED) is 0.661. The third-order valence-electron chi connectivity index (χ3n) is 1.53. The Morgan fingerprint density at radius 1 is 1.79 bits per heavy atom. The summed E-state index contributed by atoms with van der Waals surface area (Å²) in [6, 6.07) is 1.57. The lowest BCUT2D eigenvalue weighted by Crippen LogP contribution is -2.10. The second kappa shape index (κ2) is 3.97. The molecule has 0 radical (unpaired) electrons. The molecule has 3 N–H and O–H groups in total. The third-order valence-corrected chi connectivity index (χ3v) is 1.53. The van der Waals surface area contributed by atoms with Gasteiger partial charge >= 0.3 is 5.97 Å².